The third-order valence-electron chi connectivity index (χ3n) is 2.75. The van der Waals surface area contributed by atoms with Crippen molar-refractivity contribution < 1.29 is 18.3 Å². The zero-order chi connectivity index (χ0) is 11.5. The molecule has 0 radical (unpaired) electrons. The summed E-state index contributed by atoms with van der Waals surface area (Å²) < 4.78 is 35.9. The normalized spacial score (nSPS) is 30.2. The summed E-state index contributed by atoms with van der Waals surface area (Å²) in [5.41, 5.74) is 5.67. The largest absolute Gasteiger partial charge is 0.415 e. The first-order valence-corrected chi connectivity index (χ1v) is 5.13. The molecule has 0 aromatic rings. The van der Waals surface area contributed by atoms with Gasteiger partial charge < -0.3 is 16.2 Å². The lowest BCUT2D eigenvalue weighted by Crippen LogP contribution is -2.44. The van der Waals surface area contributed by atoms with Crippen LogP contribution in [0.15, 0.2) is 0 Å². The highest BCUT2D eigenvalue weighted by atomic mass is 19.4. The minimum atomic E-state index is -4.53. The molecule has 1 fully saturated rings. The molecule has 0 aromatic heterocycles. The molecule has 0 aliphatic heterocycles. The van der Waals surface area contributed by atoms with E-state index in [-0.39, 0.29) is 12.1 Å². The van der Waals surface area contributed by atoms with Crippen LogP contribution < -0.4 is 11.1 Å². The molecule has 0 heterocycles. The number of nitrogens with one attached hydrogen (secondary N) is 1. The highest BCUT2D eigenvalue weighted by Crippen LogP contribution is 2.21. The Kier molecular flexibility index (Phi) is 4.36. The van der Waals surface area contributed by atoms with Gasteiger partial charge in [0.15, 0.2) is 6.10 Å². The quantitative estimate of drug-likeness (QED) is 0.666. The van der Waals surface area contributed by atoms with E-state index < -0.39 is 18.8 Å². The lowest BCUT2D eigenvalue weighted by Gasteiger charge is -2.28. The fourth-order valence-electron chi connectivity index (χ4n) is 1.72. The molecule has 1 aliphatic rings. The second-order valence-corrected chi connectivity index (χ2v) is 4.08. The number of halogens is 3. The average molecular weight is 226 g/mol. The number of hydrogen-bond donors (Lipinski definition) is 3. The van der Waals surface area contributed by atoms with Crippen LogP contribution in [0.4, 0.5) is 13.2 Å². The summed E-state index contributed by atoms with van der Waals surface area (Å²) in [6.07, 6.45) is -3.57. The molecule has 90 valence electrons. The van der Waals surface area contributed by atoms with Gasteiger partial charge in [-0.1, -0.05) is 0 Å². The van der Waals surface area contributed by atoms with Crippen LogP contribution in [0.1, 0.15) is 25.7 Å². The van der Waals surface area contributed by atoms with Crippen molar-refractivity contribution in [3.63, 3.8) is 0 Å². The first-order chi connectivity index (χ1) is 6.89. The van der Waals surface area contributed by atoms with Crippen molar-refractivity contribution in [2.45, 2.75) is 50.0 Å². The van der Waals surface area contributed by atoms with Crippen LogP contribution in [0, 0.1) is 0 Å². The molecule has 6 heteroatoms. The van der Waals surface area contributed by atoms with Crippen LogP contribution in [-0.4, -0.2) is 36.0 Å². The molecule has 0 aromatic carbocycles. The van der Waals surface area contributed by atoms with Crippen molar-refractivity contribution in [3.05, 3.63) is 0 Å². The number of aliphatic hydroxyl groups excluding tert-OH is 1. The van der Waals surface area contributed by atoms with Gasteiger partial charge in [-0.2, -0.15) is 13.2 Å². The molecule has 3 nitrogen and oxygen atoms in total. The van der Waals surface area contributed by atoms with Gasteiger partial charge in [0.2, 0.25) is 0 Å². The van der Waals surface area contributed by atoms with E-state index in [1.54, 1.807) is 0 Å². The molecule has 15 heavy (non-hydrogen) atoms. The van der Waals surface area contributed by atoms with Crippen molar-refractivity contribution >= 4 is 0 Å². The Hall–Kier alpha value is -0.330. The second-order valence-electron chi connectivity index (χ2n) is 4.08. The number of aliphatic hydroxyl groups is 1. The summed E-state index contributed by atoms with van der Waals surface area (Å²) in [6, 6.07) is 0.234. The predicted molar refractivity (Wildman–Crippen MR) is 50.3 cm³/mol. The van der Waals surface area contributed by atoms with Crippen LogP contribution in [0.2, 0.25) is 0 Å². The van der Waals surface area contributed by atoms with Crippen molar-refractivity contribution in [1.29, 1.82) is 0 Å². The molecule has 1 saturated carbocycles. The summed E-state index contributed by atoms with van der Waals surface area (Å²) in [5.74, 6) is 0. The van der Waals surface area contributed by atoms with Crippen LogP contribution in [0.5, 0.6) is 0 Å². The molecule has 0 unspecified atom stereocenters. The van der Waals surface area contributed by atoms with E-state index in [9.17, 15) is 13.2 Å². The minimum Gasteiger partial charge on any atom is -0.382 e. The predicted octanol–water partition coefficient (Wildman–Crippen LogP) is 0.769. The highest BCUT2D eigenvalue weighted by Gasteiger charge is 2.38. The maximum atomic E-state index is 12.0. The SMILES string of the molecule is NC1CCC(NC[C@H](O)C(F)(F)F)CC1. The summed E-state index contributed by atoms with van der Waals surface area (Å²) in [5, 5.41) is 11.5. The monoisotopic (exact) mass is 226 g/mol. The van der Waals surface area contributed by atoms with E-state index in [2.05, 4.69) is 5.32 Å². The van der Waals surface area contributed by atoms with Gasteiger partial charge in [0.1, 0.15) is 0 Å². The van der Waals surface area contributed by atoms with Gasteiger partial charge in [-0.25, -0.2) is 0 Å². The maximum Gasteiger partial charge on any atom is 0.415 e. The van der Waals surface area contributed by atoms with Gasteiger partial charge in [0.05, 0.1) is 0 Å². The van der Waals surface area contributed by atoms with Crippen LogP contribution in [0.25, 0.3) is 0 Å². The summed E-state index contributed by atoms with van der Waals surface area (Å²) in [4.78, 5) is 0. The van der Waals surface area contributed by atoms with Gasteiger partial charge in [-0.05, 0) is 25.7 Å². The van der Waals surface area contributed by atoms with E-state index in [1.807, 2.05) is 0 Å². The lowest BCUT2D eigenvalue weighted by atomic mass is 9.92. The van der Waals surface area contributed by atoms with Gasteiger partial charge in [-0.15, -0.1) is 0 Å². The van der Waals surface area contributed by atoms with Gasteiger partial charge in [0, 0.05) is 18.6 Å². The second kappa shape index (κ2) is 5.14. The van der Waals surface area contributed by atoms with E-state index in [0.29, 0.717) is 0 Å². The zero-order valence-electron chi connectivity index (χ0n) is 8.43. The molecular formula is C9H17F3N2O. The summed E-state index contributed by atoms with van der Waals surface area (Å²) in [6.45, 7) is -0.427. The first kappa shape index (κ1) is 12.7. The third-order valence-corrected chi connectivity index (χ3v) is 2.75. The fourth-order valence-corrected chi connectivity index (χ4v) is 1.72. The molecule has 1 rings (SSSR count). The average Bonchev–Trinajstić information content (AvgIpc) is 2.15. The molecule has 0 saturated heterocycles. The number of nitrogens with two attached hydrogens (primary N) is 1. The molecule has 1 atom stereocenters. The highest BCUT2D eigenvalue weighted by molar-refractivity contribution is 4.80. The Morgan fingerprint density at radius 3 is 2.27 bits per heavy atom. The van der Waals surface area contributed by atoms with Crippen molar-refractivity contribution in [2.75, 3.05) is 6.54 Å². The third kappa shape index (κ3) is 4.36. The Morgan fingerprint density at radius 1 is 1.27 bits per heavy atom. The van der Waals surface area contributed by atoms with E-state index >= 15 is 0 Å². The van der Waals surface area contributed by atoms with E-state index in [0.717, 1.165) is 25.7 Å². The van der Waals surface area contributed by atoms with Crippen LogP contribution in [-0.2, 0) is 0 Å². The first-order valence-electron chi connectivity index (χ1n) is 5.13. The Labute approximate surface area is 86.8 Å². The van der Waals surface area contributed by atoms with Crippen molar-refractivity contribution in [2.24, 2.45) is 5.73 Å². The minimum absolute atomic E-state index is 0.0572. The molecule has 0 spiro atoms. The maximum absolute atomic E-state index is 12.0. The molecule has 0 amide bonds. The number of rotatable bonds is 3. The number of alkyl halides is 3. The topological polar surface area (TPSA) is 58.3 Å². The zero-order valence-corrected chi connectivity index (χ0v) is 8.43. The summed E-state index contributed by atoms with van der Waals surface area (Å²) >= 11 is 0. The van der Waals surface area contributed by atoms with Gasteiger partial charge >= 0.3 is 6.18 Å². The Morgan fingerprint density at radius 2 is 1.80 bits per heavy atom. The number of hydrogen-bond acceptors (Lipinski definition) is 3. The van der Waals surface area contributed by atoms with Gasteiger partial charge in [-0.3, -0.25) is 0 Å². The Balaban J connectivity index is 2.20. The van der Waals surface area contributed by atoms with Crippen LogP contribution >= 0.6 is 0 Å². The van der Waals surface area contributed by atoms with Crippen molar-refractivity contribution in [3.8, 4) is 0 Å². The smallest absolute Gasteiger partial charge is 0.382 e. The summed E-state index contributed by atoms with van der Waals surface area (Å²) in [7, 11) is 0. The van der Waals surface area contributed by atoms with Crippen LogP contribution in [0.3, 0.4) is 0 Å². The van der Waals surface area contributed by atoms with Crippen molar-refractivity contribution in [1.82, 2.24) is 5.32 Å². The standard InChI is InChI=1S/C9H17F3N2O/c10-9(11,12)8(15)5-14-7-3-1-6(13)2-4-7/h6-8,14-15H,1-5,13H2/t6?,7?,8-/m0/s1. The van der Waals surface area contributed by atoms with E-state index in [4.69, 9.17) is 10.8 Å². The lowest BCUT2D eigenvalue weighted by molar-refractivity contribution is -0.202. The van der Waals surface area contributed by atoms with E-state index in [1.165, 1.54) is 0 Å². The molecule has 0 bridgehead atoms. The molecular weight excluding hydrogens is 209 g/mol. The van der Waals surface area contributed by atoms with Gasteiger partial charge in [0.25, 0.3) is 0 Å². The fraction of sp³-hybridized carbons (Fsp3) is 1.00. The molecule has 4 N–H and O–H groups in total. The molecule has 1 aliphatic carbocycles. The Bertz CT molecular complexity index is 190.